The average Bonchev–Trinajstić information content (AvgIpc) is 3.50. The van der Waals surface area contributed by atoms with E-state index in [1.165, 1.54) is 14.1 Å². The number of nitrogens with zero attached hydrogens (tertiary/aromatic N) is 3. The molecule has 0 N–H and O–H groups in total. The lowest BCUT2D eigenvalue weighted by molar-refractivity contribution is 0.0629. The van der Waals surface area contributed by atoms with Crippen molar-refractivity contribution < 1.29 is 13.2 Å². The number of hydrogen-bond donors (Lipinski definition) is 0. The second kappa shape index (κ2) is 9.07. The van der Waals surface area contributed by atoms with Crippen molar-refractivity contribution in [2.24, 2.45) is 0 Å². The van der Waals surface area contributed by atoms with E-state index < -0.39 is 10.0 Å². The Morgan fingerprint density at radius 2 is 1.78 bits per heavy atom. The lowest BCUT2D eigenvalue weighted by Gasteiger charge is -2.34. The molecular weight excluding hydrogens is 462 g/mol. The number of amides is 1. The summed E-state index contributed by atoms with van der Waals surface area (Å²) in [5.41, 5.74) is 1.52. The Hall–Kier alpha value is -2.04. The fourth-order valence-electron chi connectivity index (χ4n) is 4.28. The smallest absolute Gasteiger partial charge is 0.253 e. The van der Waals surface area contributed by atoms with Crippen molar-refractivity contribution in [1.82, 2.24) is 14.1 Å². The van der Waals surface area contributed by atoms with Gasteiger partial charge in [-0.15, -0.1) is 22.7 Å². The van der Waals surface area contributed by atoms with Gasteiger partial charge in [0.1, 0.15) is 0 Å². The van der Waals surface area contributed by atoms with Crippen LogP contribution in [0.5, 0.6) is 0 Å². The zero-order valence-electron chi connectivity index (χ0n) is 17.6. The summed E-state index contributed by atoms with van der Waals surface area (Å²) >= 11 is 3.43. The third kappa shape index (κ3) is 4.40. The van der Waals surface area contributed by atoms with E-state index in [1.807, 2.05) is 16.3 Å². The lowest BCUT2D eigenvalue weighted by atomic mass is 10.1. The van der Waals surface area contributed by atoms with Crippen LogP contribution < -0.4 is 0 Å². The standard InChI is InChI=1S/C23H25N3O3S3/c27-23(25-11-9-24(10-12-25)17-20-4-2-13-30-20)18-3-1-5-21(15-18)32(28,29)26-8-6-22-19(16-26)7-14-31-22/h1-5,7,13-15H,6,8-12,16-17H2. The lowest BCUT2D eigenvalue weighted by Crippen LogP contribution is -2.48. The molecule has 2 aromatic heterocycles. The maximum atomic E-state index is 13.3. The monoisotopic (exact) mass is 487 g/mol. The van der Waals surface area contributed by atoms with Gasteiger partial charge in [0, 0.05) is 61.1 Å². The van der Waals surface area contributed by atoms with Gasteiger partial charge in [-0.1, -0.05) is 12.1 Å². The van der Waals surface area contributed by atoms with Crippen molar-refractivity contribution in [3.8, 4) is 0 Å². The number of fused-ring (bicyclic) bond motifs is 1. The molecule has 0 unspecified atom stereocenters. The van der Waals surface area contributed by atoms with E-state index in [9.17, 15) is 13.2 Å². The van der Waals surface area contributed by atoms with Gasteiger partial charge in [0.2, 0.25) is 10.0 Å². The Balaban J connectivity index is 1.26. The van der Waals surface area contributed by atoms with Crippen molar-refractivity contribution >= 4 is 38.6 Å². The molecule has 1 amide bonds. The number of sulfonamides is 1. The molecule has 0 bridgehead atoms. The second-order valence-corrected chi connectivity index (χ2v) is 12.1. The Bertz CT molecular complexity index is 1200. The summed E-state index contributed by atoms with van der Waals surface area (Å²) in [5, 5.41) is 4.10. The molecule has 9 heteroatoms. The first kappa shape index (κ1) is 21.8. The van der Waals surface area contributed by atoms with Crippen molar-refractivity contribution in [2.45, 2.75) is 24.4 Å². The number of thiophene rings is 2. The molecule has 1 aromatic carbocycles. The van der Waals surface area contributed by atoms with E-state index in [2.05, 4.69) is 22.4 Å². The minimum atomic E-state index is -3.65. The molecule has 0 atom stereocenters. The van der Waals surface area contributed by atoms with Crippen LogP contribution in [0.15, 0.2) is 58.1 Å². The zero-order valence-corrected chi connectivity index (χ0v) is 20.1. The first-order valence-electron chi connectivity index (χ1n) is 10.7. The quantitative estimate of drug-likeness (QED) is 0.553. The molecule has 1 fully saturated rings. The third-order valence-electron chi connectivity index (χ3n) is 6.11. The highest BCUT2D eigenvalue weighted by Crippen LogP contribution is 2.28. The fraction of sp³-hybridized carbons (Fsp3) is 0.348. The zero-order chi connectivity index (χ0) is 22.1. The molecule has 2 aliphatic heterocycles. The van der Waals surface area contributed by atoms with Crippen molar-refractivity contribution in [1.29, 1.82) is 0 Å². The van der Waals surface area contributed by atoms with Crippen LogP contribution in [0.2, 0.25) is 0 Å². The number of rotatable bonds is 5. The van der Waals surface area contributed by atoms with E-state index in [0.29, 0.717) is 31.7 Å². The van der Waals surface area contributed by atoms with Crippen molar-refractivity contribution in [3.05, 3.63) is 74.1 Å². The molecule has 0 spiro atoms. The fourth-order valence-corrected chi connectivity index (χ4v) is 7.38. The number of benzene rings is 1. The van der Waals surface area contributed by atoms with Gasteiger partial charge in [-0.25, -0.2) is 8.42 Å². The van der Waals surface area contributed by atoms with E-state index >= 15 is 0 Å². The SMILES string of the molecule is O=C(c1cccc(S(=O)(=O)N2CCc3sccc3C2)c1)N1CCN(Cc2cccs2)CC1. The van der Waals surface area contributed by atoms with Gasteiger partial charge in [0.25, 0.3) is 5.91 Å². The normalized spacial score (nSPS) is 17.9. The van der Waals surface area contributed by atoms with Crippen LogP contribution in [0.4, 0.5) is 0 Å². The molecule has 32 heavy (non-hydrogen) atoms. The molecular formula is C23H25N3O3S3. The molecule has 0 aliphatic carbocycles. The Labute approximate surface area is 196 Å². The van der Waals surface area contributed by atoms with Crippen molar-refractivity contribution in [3.63, 3.8) is 0 Å². The highest BCUT2D eigenvalue weighted by molar-refractivity contribution is 7.89. The largest absolute Gasteiger partial charge is 0.336 e. The van der Waals surface area contributed by atoms with Gasteiger partial charge >= 0.3 is 0 Å². The Morgan fingerprint density at radius 3 is 2.56 bits per heavy atom. The maximum Gasteiger partial charge on any atom is 0.253 e. The van der Waals surface area contributed by atoms with E-state index in [-0.39, 0.29) is 10.8 Å². The van der Waals surface area contributed by atoms with Crippen LogP contribution in [0.1, 0.15) is 25.7 Å². The number of carbonyl (C=O) groups excluding carboxylic acids is 1. The topological polar surface area (TPSA) is 60.9 Å². The van der Waals surface area contributed by atoms with Gasteiger partial charge in [-0.05, 0) is 53.1 Å². The van der Waals surface area contributed by atoms with Gasteiger partial charge in [-0.3, -0.25) is 9.69 Å². The Kier molecular flexibility index (Phi) is 6.18. The molecule has 5 rings (SSSR count). The number of piperazine rings is 1. The summed E-state index contributed by atoms with van der Waals surface area (Å²) in [4.78, 5) is 20.1. The Morgan fingerprint density at radius 1 is 0.938 bits per heavy atom. The van der Waals surface area contributed by atoms with Crippen LogP contribution in [-0.2, 0) is 29.5 Å². The molecule has 2 aliphatic rings. The summed E-state index contributed by atoms with van der Waals surface area (Å²) in [6, 6.07) is 12.7. The van der Waals surface area contributed by atoms with Gasteiger partial charge < -0.3 is 4.90 Å². The third-order valence-corrected chi connectivity index (χ3v) is 9.84. The predicted octanol–water partition coefficient (Wildman–Crippen LogP) is 3.51. The van der Waals surface area contributed by atoms with E-state index in [4.69, 9.17) is 0 Å². The minimum absolute atomic E-state index is 0.100. The molecule has 6 nitrogen and oxygen atoms in total. The van der Waals surface area contributed by atoms with Gasteiger partial charge in [0.05, 0.1) is 4.90 Å². The minimum Gasteiger partial charge on any atom is -0.336 e. The maximum absolute atomic E-state index is 13.3. The summed E-state index contributed by atoms with van der Waals surface area (Å²) in [6.07, 6.45) is 0.737. The van der Waals surface area contributed by atoms with Gasteiger partial charge in [0.15, 0.2) is 0 Å². The van der Waals surface area contributed by atoms with E-state index in [0.717, 1.165) is 31.6 Å². The highest BCUT2D eigenvalue weighted by Gasteiger charge is 2.30. The summed E-state index contributed by atoms with van der Waals surface area (Å²) in [5.74, 6) is -0.100. The highest BCUT2D eigenvalue weighted by atomic mass is 32.2. The van der Waals surface area contributed by atoms with Crippen LogP contribution >= 0.6 is 22.7 Å². The van der Waals surface area contributed by atoms with Gasteiger partial charge in [-0.2, -0.15) is 4.31 Å². The molecule has 1 saturated heterocycles. The summed E-state index contributed by atoms with van der Waals surface area (Å²) in [7, 11) is -3.65. The number of hydrogen-bond acceptors (Lipinski definition) is 6. The number of carbonyl (C=O) groups is 1. The van der Waals surface area contributed by atoms with Crippen molar-refractivity contribution in [2.75, 3.05) is 32.7 Å². The first-order chi connectivity index (χ1) is 15.5. The summed E-state index contributed by atoms with van der Waals surface area (Å²) in [6.45, 7) is 4.71. The molecule has 3 aromatic rings. The average molecular weight is 488 g/mol. The molecule has 0 saturated carbocycles. The van der Waals surface area contributed by atoms with E-state index in [1.54, 1.807) is 46.9 Å². The first-order valence-corrected chi connectivity index (χ1v) is 13.9. The van der Waals surface area contributed by atoms with Crippen LogP contribution in [-0.4, -0.2) is 61.2 Å². The van der Waals surface area contributed by atoms with Crippen LogP contribution in [0.25, 0.3) is 0 Å². The second-order valence-electron chi connectivity index (χ2n) is 8.13. The molecule has 4 heterocycles. The molecule has 168 valence electrons. The summed E-state index contributed by atoms with van der Waals surface area (Å²) < 4.78 is 28.0. The predicted molar refractivity (Wildman–Crippen MR) is 128 cm³/mol. The molecule has 0 radical (unpaired) electrons. The van der Waals surface area contributed by atoms with Crippen LogP contribution in [0, 0.1) is 0 Å². The van der Waals surface area contributed by atoms with Crippen LogP contribution in [0.3, 0.4) is 0 Å².